The molecule has 1 aromatic rings. The lowest BCUT2D eigenvalue weighted by molar-refractivity contribution is -0.205. The van der Waals surface area contributed by atoms with Crippen LogP contribution in [-0.4, -0.2) is 94.1 Å². The van der Waals surface area contributed by atoms with Crippen LogP contribution in [0.1, 0.15) is 18.9 Å². The van der Waals surface area contributed by atoms with Crippen molar-refractivity contribution >= 4 is 34.8 Å². The normalized spacial score (nSPS) is 36.4. The number of rotatable bonds is 6. The van der Waals surface area contributed by atoms with Crippen LogP contribution in [0.15, 0.2) is 24.3 Å². The summed E-state index contributed by atoms with van der Waals surface area (Å²) in [5.41, 5.74) is 0.180. The third kappa shape index (κ3) is 5.58. The molecule has 8 nitrogen and oxygen atoms in total. The maximum atomic E-state index is 14.4. The Bertz CT molecular complexity index is 986. The molecule has 0 aliphatic carbocycles. The van der Waals surface area contributed by atoms with Crippen molar-refractivity contribution in [2.75, 3.05) is 19.4 Å². The Hall–Kier alpha value is -1.31. The lowest BCUT2D eigenvalue weighted by atomic mass is 9.92. The molecule has 36 heavy (non-hydrogen) atoms. The first-order valence-electron chi connectivity index (χ1n) is 11.8. The first-order valence-corrected chi connectivity index (χ1v) is 13.5. The van der Waals surface area contributed by atoms with Crippen LogP contribution in [0.2, 0.25) is 0 Å². The Morgan fingerprint density at radius 2 is 2.00 bits per heavy atom. The minimum atomic E-state index is -1.47. The number of thioether (sulfide) groups is 1. The highest BCUT2D eigenvalue weighted by Crippen LogP contribution is 2.33. The van der Waals surface area contributed by atoms with Gasteiger partial charge in [0, 0.05) is 24.1 Å². The van der Waals surface area contributed by atoms with Crippen molar-refractivity contribution in [1.29, 1.82) is 0 Å². The molecule has 0 bridgehead atoms. The number of ether oxygens (including phenoxy) is 2. The van der Waals surface area contributed by atoms with Crippen LogP contribution in [-0.2, 0) is 14.3 Å². The molecule has 3 aliphatic rings. The predicted octanol–water partition coefficient (Wildman–Crippen LogP) is 1.01. The zero-order valence-electron chi connectivity index (χ0n) is 19.8. The molecule has 0 spiro atoms. The Kier molecular flexibility index (Phi) is 8.94. The fourth-order valence-corrected chi connectivity index (χ4v) is 5.94. The Morgan fingerprint density at radius 3 is 2.67 bits per heavy atom. The van der Waals surface area contributed by atoms with Crippen molar-refractivity contribution in [3.05, 3.63) is 41.5 Å². The predicted molar refractivity (Wildman–Crippen MR) is 131 cm³/mol. The van der Waals surface area contributed by atoms with Crippen LogP contribution in [0.4, 0.5) is 8.78 Å². The number of aliphatic hydroxyl groups excluding tert-OH is 3. The second-order valence-corrected chi connectivity index (χ2v) is 11.0. The molecule has 200 valence electrons. The molecule has 1 amide bonds. The molecule has 4 rings (SSSR count). The lowest BCUT2D eigenvalue weighted by Crippen LogP contribution is -2.65. The van der Waals surface area contributed by atoms with Crippen LogP contribution in [0.3, 0.4) is 0 Å². The standard InChI is InChI=1S/C24H31ClF2N2O6S/c1-10(25)16(22-19(31)18(30)20(32)24(35-22)36-2)29-23(33)17-21-12(9-28-17)7-11(5-6-34-21)14-4-3-13(26)8-15(14)27/h3-4,7-8,10,12,16-22,24,28,30-32H,5-6,9H2,1-2H3,(H,29,33)/t10-,12-,16+,17-,18?,19?,20+,21+,22+,24?/m0/s1. The van der Waals surface area contributed by atoms with Gasteiger partial charge in [0.2, 0.25) is 5.91 Å². The molecule has 5 N–H and O–H groups in total. The van der Waals surface area contributed by atoms with Crippen LogP contribution in [0, 0.1) is 17.6 Å². The van der Waals surface area contributed by atoms with Gasteiger partial charge in [-0.15, -0.1) is 23.4 Å². The number of carbonyl (C=O) groups is 1. The number of amides is 1. The number of aliphatic hydroxyl groups is 3. The van der Waals surface area contributed by atoms with Gasteiger partial charge in [-0.3, -0.25) is 4.79 Å². The van der Waals surface area contributed by atoms with E-state index in [0.717, 1.165) is 6.07 Å². The van der Waals surface area contributed by atoms with E-state index >= 15 is 0 Å². The molecule has 2 fully saturated rings. The van der Waals surface area contributed by atoms with Gasteiger partial charge in [0.25, 0.3) is 0 Å². The van der Waals surface area contributed by atoms with Gasteiger partial charge in [-0.25, -0.2) is 8.78 Å². The summed E-state index contributed by atoms with van der Waals surface area (Å²) in [5.74, 6) is -1.97. The maximum Gasteiger partial charge on any atom is 0.240 e. The van der Waals surface area contributed by atoms with Crippen molar-refractivity contribution in [2.24, 2.45) is 5.92 Å². The first kappa shape index (κ1) is 27.7. The fourth-order valence-electron chi connectivity index (χ4n) is 5.06. The number of benzene rings is 1. The minimum absolute atomic E-state index is 0.232. The average Bonchev–Trinajstić information content (AvgIpc) is 3.11. The van der Waals surface area contributed by atoms with Gasteiger partial charge in [-0.2, -0.15) is 0 Å². The molecule has 2 saturated heterocycles. The summed E-state index contributed by atoms with van der Waals surface area (Å²) in [7, 11) is 0. The van der Waals surface area contributed by atoms with Crippen LogP contribution in [0.5, 0.6) is 0 Å². The second-order valence-electron chi connectivity index (χ2n) is 9.34. The van der Waals surface area contributed by atoms with Gasteiger partial charge in [-0.1, -0.05) is 6.08 Å². The fraction of sp³-hybridized carbons (Fsp3) is 0.625. The molecule has 3 heterocycles. The largest absolute Gasteiger partial charge is 0.388 e. The van der Waals surface area contributed by atoms with E-state index in [1.54, 1.807) is 13.2 Å². The third-order valence-electron chi connectivity index (χ3n) is 6.98. The molecule has 0 aromatic heterocycles. The summed E-state index contributed by atoms with van der Waals surface area (Å²) in [6.07, 6.45) is -1.86. The minimum Gasteiger partial charge on any atom is -0.388 e. The first-order chi connectivity index (χ1) is 17.1. The van der Waals surface area contributed by atoms with Crippen LogP contribution >= 0.6 is 23.4 Å². The molecule has 0 saturated carbocycles. The summed E-state index contributed by atoms with van der Waals surface area (Å²) in [6.45, 7) is 2.28. The van der Waals surface area contributed by atoms with Gasteiger partial charge < -0.3 is 35.4 Å². The van der Waals surface area contributed by atoms with Crippen molar-refractivity contribution in [3.8, 4) is 0 Å². The van der Waals surface area contributed by atoms with Crippen molar-refractivity contribution in [3.63, 3.8) is 0 Å². The number of fused-ring (bicyclic) bond motifs is 1. The Morgan fingerprint density at radius 1 is 1.25 bits per heavy atom. The number of hydrogen-bond acceptors (Lipinski definition) is 8. The number of alkyl halides is 1. The van der Waals surface area contributed by atoms with E-state index in [4.69, 9.17) is 21.1 Å². The monoisotopic (exact) mass is 548 g/mol. The summed E-state index contributed by atoms with van der Waals surface area (Å²) < 4.78 is 39.5. The molecule has 12 heteroatoms. The van der Waals surface area contributed by atoms with Crippen LogP contribution < -0.4 is 10.6 Å². The van der Waals surface area contributed by atoms with E-state index in [2.05, 4.69) is 10.6 Å². The van der Waals surface area contributed by atoms with E-state index in [0.29, 0.717) is 24.1 Å². The number of carbonyl (C=O) groups excluding carboxylic acids is 1. The smallest absolute Gasteiger partial charge is 0.240 e. The maximum absolute atomic E-state index is 14.4. The van der Waals surface area contributed by atoms with E-state index in [1.807, 2.05) is 6.08 Å². The Balaban J connectivity index is 1.49. The van der Waals surface area contributed by atoms with Gasteiger partial charge in [-0.05, 0) is 37.3 Å². The van der Waals surface area contributed by atoms with Gasteiger partial charge in [0.15, 0.2) is 0 Å². The summed E-state index contributed by atoms with van der Waals surface area (Å²) in [4.78, 5) is 13.3. The molecule has 0 radical (unpaired) electrons. The zero-order valence-corrected chi connectivity index (χ0v) is 21.4. The van der Waals surface area contributed by atoms with Crippen molar-refractivity contribution in [2.45, 2.75) is 66.8 Å². The highest BCUT2D eigenvalue weighted by molar-refractivity contribution is 7.99. The van der Waals surface area contributed by atoms with Crippen molar-refractivity contribution in [1.82, 2.24) is 10.6 Å². The van der Waals surface area contributed by atoms with Crippen LogP contribution in [0.25, 0.3) is 5.57 Å². The summed E-state index contributed by atoms with van der Waals surface area (Å²) in [5, 5.41) is 36.3. The third-order valence-corrected chi connectivity index (χ3v) is 8.10. The molecule has 10 atom stereocenters. The second kappa shape index (κ2) is 11.6. The average molecular weight is 549 g/mol. The molecule has 3 aliphatic heterocycles. The quantitative estimate of drug-likeness (QED) is 0.334. The molecule has 1 aromatic carbocycles. The molecule has 3 unspecified atom stereocenters. The van der Waals surface area contributed by atoms with Gasteiger partial charge in [0.1, 0.15) is 47.5 Å². The molecular weight excluding hydrogens is 518 g/mol. The Labute approximate surface area is 217 Å². The lowest BCUT2D eigenvalue weighted by Gasteiger charge is -2.44. The van der Waals surface area contributed by atoms with E-state index in [1.165, 1.54) is 23.9 Å². The van der Waals surface area contributed by atoms with E-state index in [-0.39, 0.29) is 12.5 Å². The SMILES string of the molecule is CSC1O[C@H]([C@H](NC(=O)[C@H]2NC[C@@H]3C=C(c4ccc(F)cc4F)CCO[C@@H]23)[C@H](C)Cl)C(O)C(O)[C@H]1O. The summed E-state index contributed by atoms with van der Waals surface area (Å²) >= 11 is 7.53. The van der Waals surface area contributed by atoms with E-state index in [9.17, 15) is 28.9 Å². The number of halogens is 3. The zero-order chi connectivity index (χ0) is 26.1. The van der Waals surface area contributed by atoms with Gasteiger partial charge >= 0.3 is 0 Å². The van der Waals surface area contributed by atoms with Gasteiger partial charge in [0.05, 0.1) is 24.1 Å². The molecular formula is C24H31ClF2N2O6S. The van der Waals surface area contributed by atoms with Crippen molar-refractivity contribution < 1.29 is 38.4 Å². The van der Waals surface area contributed by atoms with E-state index < -0.39 is 71.0 Å². The summed E-state index contributed by atoms with van der Waals surface area (Å²) in [6, 6.07) is 1.82. The number of hydrogen-bond donors (Lipinski definition) is 5. The highest BCUT2D eigenvalue weighted by Gasteiger charge is 2.49. The number of nitrogens with one attached hydrogen (secondary N) is 2. The topological polar surface area (TPSA) is 120 Å². The highest BCUT2D eigenvalue weighted by atomic mass is 35.5.